The number of esters is 2. The molecule has 0 fully saturated rings. The van der Waals surface area contributed by atoms with Gasteiger partial charge >= 0.3 is 11.9 Å². The lowest BCUT2D eigenvalue weighted by Crippen LogP contribution is -2.17. The summed E-state index contributed by atoms with van der Waals surface area (Å²) in [5.74, 6) is 0.517. The molecule has 0 spiro atoms. The van der Waals surface area contributed by atoms with E-state index in [0.29, 0.717) is 46.5 Å². The fourth-order valence-corrected chi connectivity index (χ4v) is 3.39. The second-order valence-electron chi connectivity index (χ2n) is 7.75. The summed E-state index contributed by atoms with van der Waals surface area (Å²) >= 11 is 0. The van der Waals surface area contributed by atoms with Crippen LogP contribution in [-0.2, 0) is 9.47 Å². The Balaban J connectivity index is 2.70. The molecule has 7 nitrogen and oxygen atoms in total. The van der Waals surface area contributed by atoms with E-state index in [1.54, 1.807) is 53.0 Å². The van der Waals surface area contributed by atoms with E-state index in [1.165, 1.54) is 0 Å². The SMILES string of the molecule is CCOC(=O)c1c(C)nc(C)c(C(=O)OCC)c1-c1ccc(OCCC(C)C)c(OC)c1. The molecule has 2 rings (SSSR count). The lowest BCUT2D eigenvalue weighted by atomic mass is 9.92. The molecule has 0 aliphatic carbocycles. The topological polar surface area (TPSA) is 84.0 Å². The Labute approximate surface area is 190 Å². The third-order valence-corrected chi connectivity index (χ3v) is 4.92. The van der Waals surface area contributed by atoms with Crippen molar-refractivity contribution in [3.05, 3.63) is 40.7 Å². The van der Waals surface area contributed by atoms with Crippen LogP contribution in [0.15, 0.2) is 18.2 Å². The molecule has 0 amide bonds. The molecule has 0 aliphatic heterocycles. The predicted octanol–water partition coefficient (Wildman–Crippen LogP) is 5.15. The van der Waals surface area contributed by atoms with Gasteiger partial charge in [-0.1, -0.05) is 19.9 Å². The number of methoxy groups -OCH3 is 1. The van der Waals surface area contributed by atoms with Crippen LogP contribution in [0.5, 0.6) is 11.5 Å². The molecule has 0 atom stereocenters. The normalized spacial score (nSPS) is 10.8. The van der Waals surface area contributed by atoms with E-state index in [1.807, 2.05) is 0 Å². The maximum atomic E-state index is 12.9. The van der Waals surface area contributed by atoms with Gasteiger partial charge in [-0.15, -0.1) is 0 Å². The fourth-order valence-electron chi connectivity index (χ4n) is 3.39. The minimum absolute atomic E-state index is 0.201. The third kappa shape index (κ3) is 5.78. The maximum Gasteiger partial charge on any atom is 0.340 e. The highest BCUT2D eigenvalue weighted by Gasteiger charge is 2.28. The monoisotopic (exact) mass is 443 g/mol. The molecule has 1 aromatic heterocycles. The highest BCUT2D eigenvalue weighted by atomic mass is 16.5. The van der Waals surface area contributed by atoms with Gasteiger partial charge in [0.2, 0.25) is 0 Å². The zero-order chi connectivity index (χ0) is 23.8. The van der Waals surface area contributed by atoms with E-state index in [9.17, 15) is 9.59 Å². The van der Waals surface area contributed by atoms with Crippen LogP contribution in [0.3, 0.4) is 0 Å². The number of carbonyl (C=O) groups is 2. The lowest BCUT2D eigenvalue weighted by molar-refractivity contribution is 0.0525. The molecule has 0 saturated heterocycles. The highest BCUT2D eigenvalue weighted by Crippen LogP contribution is 2.38. The van der Waals surface area contributed by atoms with Gasteiger partial charge in [-0.3, -0.25) is 4.98 Å². The van der Waals surface area contributed by atoms with Gasteiger partial charge in [-0.2, -0.15) is 0 Å². The average Bonchev–Trinajstić information content (AvgIpc) is 2.73. The van der Waals surface area contributed by atoms with Crippen molar-refractivity contribution in [2.24, 2.45) is 5.92 Å². The van der Waals surface area contributed by atoms with Crippen molar-refractivity contribution >= 4 is 11.9 Å². The molecule has 174 valence electrons. The van der Waals surface area contributed by atoms with Gasteiger partial charge in [-0.05, 0) is 57.7 Å². The van der Waals surface area contributed by atoms with E-state index in [0.717, 1.165) is 6.42 Å². The first-order valence-corrected chi connectivity index (χ1v) is 10.9. The minimum Gasteiger partial charge on any atom is -0.493 e. The lowest BCUT2D eigenvalue weighted by Gasteiger charge is -2.19. The number of hydrogen-bond donors (Lipinski definition) is 0. The second-order valence-corrected chi connectivity index (χ2v) is 7.75. The molecule has 7 heteroatoms. The molecule has 0 N–H and O–H groups in total. The molecule has 0 aliphatic rings. The number of aromatic nitrogens is 1. The summed E-state index contributed by atoms with van der Waals surface area (Å²) in [6.45, 7) is 12.1. The van der Waals surface area contributed by atoms with Crippen molar-refractivity contribution in [3.63, 3.8) is 0 Å². The van der Waals surface area contributed by atoms with Crippen LogP contribution in [0.25, 0.3) is 11.1 Å². The molecule has 0 saturated carbocycles. The predicted molar refractivity (Wildman–Crippen MR) is 123 cm³/mol. The minimum atomic E-state index is -0.547. The van der Waals surface area contributed by atoms with E-state index in [-0.39, 0.29) is 24.3 Å². The number of ether oxygens (including phenoxy) is 4. The number of hydrogen-bond acceptors (Lipinski definition) is 7. The van der Waals surface area contributed by atoms with E-state index in [2.05, 4.69) is 18.8 Å². The molecule has 0 bridgehead atoms. The zero-order valence-corrected chi connectivity index (χ0v) is 20.0. The Morgan fingerprint density at radius 2 is 1.50 bits per heavy atom. The van der Waals surface area contributed by atoms with Crippen LogP contribution >= 0.6 is 0 Å². The summed E-state index contributed by atoms with van der Waals surface area (Å²) in [5, 5.41) is 0. The highest BCUT2D eigenvalue weighted by molar-refractivity contribution is 6.07. The first kappa shape index (κ1) is 25.2. The van der Waals surface area contributed by atoms with Crippen molar-refractivity contribution < 1.29 is 28.5 Å². The maximum absolute atomic E-state index is 12.9. The molecular formula is C25H33NO6. The van der Waals surface area contributed by atoms with Crippen LogP contribution in [0.4, 0.5) is 0 Å². The summed E-state index contributed by atoms with van der Waals surface area (Å²) in [6.07, 6.45) is 0.910. The van der Waals surface area contributed by atoms with Crippen LogP contribution in [0.2, 0.25) is 0 Å². The molecule has 2 aromatic rings. The van der Waals surface area contributed by atoms with Gasteiger partial charge in [0.15, 0.2) is 11.5 Å². The molecular weight excluding hydrogens is 410 g/mol. The largest absolute Gasteiger partial charge is 0.493 e. The summed E-state index contributed by atoms with van der Waals surface area (Å²) in [6, 6.07) is 5.33. The Hall–Kier alpha value is -3.09. The van der Waals surface area contributed by atoms with Gasteiger partial charge < -0.3 is 18.9 Å². The average molecular weight is 444 g/mol. The quantitative estimate of drug-likeness (QED) is 0.469. The van der Waals surface area contributed by atoms with Crippen LogP contribution < -0.4 is 9.47 Å². The Kier molecular flexibility index (Phi) is 9.05. The molecule has 1 aromatic carbocycles. The smallest absolute Gasteiger partial charge is 0.340 e. The summed E-state index contributed by atoms with van der Waals surface area (Å²) < 4.78 is 22.0. The number of pyridine rings is 1. The fraction of sp³-hybridized carbons (Fsp3) is 0.480. The number of benzene rings is 1. The van der Waals surface area contributed by atoms with E-state index in [4.69, 9.17) is 18.9 Å². The van der Waals surface area contributed by atoms with Crippen molar-refractivity contribution in [1.29, 1.82) is 0 Å². The first-order valence-electron chi connectivity index (χ1n) is 10.9. The number of nitrogens with zero attached hydrogens (tertiary/aromatic N) is 1. The Morgan fingerprint density at radius 1 is 0.938 bits per heavy atom. The summed E-state index contributed by atoms with van der Waals surface area (Å²) in [7, 11) is 1.55. The van der Waals surface area contributed by atoms with Crippen LogP contribution in [0, 0.1) is 19.8 Å². The van der Waals surface area contributed by atoms with Gasteiger partial charge in [0.1, 0.15) is 0 Å². The van der Waals surface area contributed by atoms with E-state index < -0.39 is 11.9 Å². The summed E-state index contributed by atoms with van der Waals surface area (Å²) in [5.41, 5.74) is 2.43. The van der Waals surface area contributed by atoms with Crippen molar-refractivity contribution in [2.45, 2.75) is 48.0 Å². The van der Waals surface area contributed by atoms with Crippen molar-refractivity contribution in [2.75, 3.05) is 26.9 Å². The van der Waals surface area contributed by atoms with Crippen molar-refractivity contribution in [3.8, 4) is 22.6 Å². The number of carbonyl (C=O) groups excluding carboxylic acids is 2. The Morgan fingerprint density at radius 3 is 1.97 bits per heavy atom. The van der Waals surface area contributed by atoms with Crippen LogP contribution in [0.1, 0.15) is 66.2 Å². The van der Waals surface area contributed by atoms with E-state index >= 15 is 0 Å². The molecule has 32 heavy (non-hydrogen) atoms. The van der Waals surface area contributed by atoms with Crippen molar-refractivity contribution in [1.82, 2.24) is 4.98 Å². The molecule has 1 heterocycles. The molecule has 0 unspecified atom stereocenters. The van der Waals surface area contributed by atoms with Gasteiger partial charge in [0.05, 0.1) is 49.4 Å². The number of aryl methyl sites for hydroxylation is 2. The van der Waals surface area contributed by atoms with Gasteiger partial charge in [0, 0.05) is 5.56 Å². The van der Waals surface area contributed by atoms with Gasteiger partial charge in [-0.25, -0.2) is 9.59 Å². The zero-order valence-electron chi connectivity index (χ0n) is 20.0. The second kappa shape index (κ2) is 11.5. The van der Waals surface area contributed by atoms with Gasteiger partial charge in [0.25, 0.3) is 0 Å². The Bertz CT molecular complexity index is 925. The first-order chi connectivity index (χ1) is 15.2. The third-order valence-electron chi connectivity index (χ3n) is 4.92. The molecule has 0 radical (unpaired) electrons. The van der Waals surface area contributed by atoms with Crippen LogP contribution in [-0.4, -0.2) is 43.9 Å². The standard InChI is InChI=1S/C25H33NO6/c1-8-30-24(27)21-16(5)26-17(6)22(25(28)31-9-2)23(21)18-10-11-19(20(14-18)29-7)32-13-12-15(3)4/h10-11,14-15H,8-9,12-13H2,1-7H3. The summed E-state index contributed by atoms with van der Waals surface area (Å²) in [4.78, 5) is 30.1. The number of rotatable bonds is 10.